The maximum absolute atomic E-state index is 12.8. The molecular weight excluding hydrogens is 308 g/mol. The van der Waals surface area contributed by atoms with Gasteiger partial charge in [0.05, 0.1) is 10.5 Å². The molecule has 4 atom stereocenters. The van der Waals surface area contributed by atoms with Gasteiger partial charge >= 0.3 is 0 Å². The Hall–Kier alpha value is -1.13. The maximum atomic E-state index is 12.8. The molecule has 4 fully saturated rings. The molecule has 0 radical (unpaired) electrons. The van der Waals surface area contributed by atoms with E-state index < -0.39 is 15.4 Å². The first kappa shape index (κ1) is 15.4. The van der Waals surface area contributed by atoms with Gasteiger partial charge in [-0.05, 0) is 74.3 Å². The Morgan fingerprint density at radius 1 is 1.13 bits per heavy atom. The number of sulfone groups is 1. The van der Waals surface area contributed by atoms with Gasteiger partial charge in [0, 0.05) is 4.91 Å². The zero-order chi connectivity index (χ0) is 16.3. The van der Waals surface area contributed by atoms with Crippen LogP contribution in [-0.4, -0.2) is 19.1 Å². The van der Waals surface area contributed by atoms with E-state index in [2.05, 4.69) is 6.58 Å². The molecule has 0 amide bonds. The highest BCUT2D eigenvalue weighted by atomic mass is 32.2. The van der Waals surface area contributed by atoms with Crippen molar-refractivity contribution >= 4 is 9.84 Å². The van der Waals surface area contributed by atoms with Crippen molar-refractivity contribution in [2.24, 2.45) is 17.3 Å². The topological polar surface area (TPSA) is 54.4 Å². The summed E-state index contributed by atoms with van der Waals surface area (Å²) in [5, 5.41) is 10.8. The Bertz CT molecular complexity index is 721. The van der Waals surface area contributed by atoms with E-state index in [0.29, 0.717) is 28.1 Å². The molecule has 4 aliphatic carbocycles. The van der Waals surface area contributed by atoms with Crippen LogP contribution in [0.25, 0.3) is 0 Å². The first-order chi connectivity index (χ1) is 10.8. The van der Waals surface area contributed by atoms with E-state index in [1.165, 1.54) is 6.42 Å². The van der Waals surface area contributed by atoms with Crippen molar-refractivity contribution in [2.45, 2.75) is 55.4 Å². The minimum absolute atomic E-state index is 0.0578. The van der Waals surface area contributed by atoms with Gasteiger partial charge in [0.25, 0.3) is 0 Å². The molecule has 3 nitrogen and oxygen atoms in total. The minimum atomic E-state index is -3.48. The predicted octanol–water partition coefficient (Wildman–Crippen LogP) is 3.70. The van der Waals surface area contributed by atoms with Crippen LogP contribution in [0, 0.1) is 17.3 Å². The van der Waals surface area contributed by atoms with Crippen molar-refractivity contribution in [1.29, 1.82) is 0 Å². The number of benzene rings is 1. The summed E-state index contributed by atoms with van der Waals surface area (Å²) in [5.74, 6) is 1.13. The summed E-state index contributed by atoms with van der Waals surface area (Å²) >= 11 is 0. The first-order valence-electron chi connectivity index (χ1n) is 8.51. The standard InChI is InChI=1S/C19H24O3S/c1-14(23(21,22)17-5-3-2-4-6-17)8-18-9-15-7-16(10-18)12-19(20,11-15)13-18/h2-6,15-16,20H,1,7-13H2/t15-,16+,18?,19?. The summed E-state index contributed by atoms with van der Waals surface area (Å²) in [7, 11) is -3.48. The lowest BCUT2D eigenvalue weighted by molar-refractivity contribution is -0.162. The van der Waals surface area contributed by atoms with Crippen LogP contribution in [0.5, 0.6) is 0 Å². The highest BCUT2D eigenvalue weighted by Gasteiger charge is 2.57. The van der Waals surface area contributed by atoms with Gasteiger partial charge in [-0.25, -0.2) is 8.42 Å². The second-order valence-corrected chi connectivity index (χ2v) is 10.3. The lowest BCUT2D eigenvalue weighted by Gasteiger charge is -2.60. The second-order valence-electron chi connectivity index (χ2n) is 8.22. The zero-order valence-electron chi connectivity index (χ0n) is 13.4. The first-order valence-corrected chi connectivity index (χ1v) is 9.99. The van der Waals surface area contributed by atoms with E-state index in [1.54, 1.807) is 24.3 Å². The third kappa shape index (κ3) is 2.56. The van der Waals surface area contributed by atoms with Crippen LogP contribution in [0.3, 0.4) is 0 Å². The molecule has 1 aromatic carbocycles. The van der Waals surface area contributed by atoms with Crippen molar-refractivity contribution in [3.63, 3.8) is 0 Å². The van der Waals surface area contributed by atoms with Crippen molar-refractivity contribution in [1.82, 2.24) is 0 Å². The van der Waals surface area contributed by atoms with Gasteiger partial charge in [0.15, 0.2) is 0 Å². The van der Waals surface area contributed by atoms with Crippen LogP contribution in [0.2, 0.25) is 0 Å². The molecule has 23 heavy (non-hydrogen) atoms. The average Bonchev–Trinajstić information content (AvgIpc) is 2.45. The van der Waals surface area contributed by atoms with Gasteiger partial charge in [0.1, 0.15) is 0 Å². The van der Waals surface area contributed by atoms with Gasteiger partial charge in [-0.2, -0.15) is 0 Å². The molecular formula is C19H24O3S. The highest BCUT2D eigenvalue weighted by Crippen LogP contribution is 2.63. The average molecular weight is 332 g/mol. The summed E-state index contributed by atoms with van der Waals surface area (Å²) in [6.45, 7) is 3.93. The lowest BCUT2D eigenvalue weighted by atomic mass is 9.47. The molecule has 0 spiro atoms. The monoisotopic (exact) mass is 332 g/mol. The molecule has 4 heteroatoms. The third-order valence-corrected chi connectivity index (χ3v) is 7.95. The number of hydrogen-bond acceptors (Lipinski definition) is 3. The van der Waals surface area contributed by atoms with Gasteiger partial charge in [-0.1, -0.05) is 24.8 Å². The third-order valence-electron chi connectivity index (χ3n) is 6.16. The zero-order valence-corrected chi connectivity index (χ0v) is 14.2. The number of allylic oxidation sites excluding steroid dienone is 1. The van der Waals surface area contributed by atoms with Crippen LogP contribution in [0.1, 0.15) is 44.9 Å². The predicted molar refractivity (Wildman–Crippen MR) is 89.4 cm³/mol. The normalized spacial score (nSPS) is 38.7. The van der Waals surface area contributed by atoms with Crippen LogP contribution < -0.4 is 0 Å². The molecule has 124 valence electrons. The van der Waals surface area contributed by atoms with Crippen molar-refractivity contribution in [3.8, 4) is 0 Å². The van der Waals surface area contributed by atoms with Crippen molar-refractivity contribution < 1.29 is 13.5 Å². The van der Waals surface area contributed by atoms with E-state index in [-0.39, 0.29) is 5.41 Å². The van der Waals surface area contributed by atoms with Crippen molar-refractivity contribution in [3.05, 3.63) is 41.8 Å². The lowest BCUT2D eigenvalue weighted by Crippen LogP contribution is -2.55. The summed E-state index contributed by atoms with van der Waals surface area (Å²) in [5.41, 5.74) is -0.612. The van der Waals surface area contributed by atoms with Gasteiger partial charge in [-0.3, -0.25) is 0 Å². The van der Waals surface area contributed by atoms with Crippen LogP contribution in [-0.2, 0) is 9.84 Å². The van der Waals surface area contributed by atoms with Gasteiger partial charge in [-0.15, -0.1) is 0 Å². The molecule has 1 aromatic rings. The number of hydrogen-bond donors (Lipinski definition) is 1. The van der Waals surface area contributed by atoms with E-state index >= 15 is 0 Å². The number of aliphatic hydroxyl groups is 1. The van der Waals surface area contributed by atoms with E-state index in [1.807, 2.05) is 6.07 Å². The van der Waals surface area contributed by atoms with Crippen molar-refractivity contribution in [2.75, 3.05) is 0 Å². The molecule has 0 saturated heterocycles. The summed E-state index contributed by atoms with van der Waals surface area (Å²) < 4.78 is 25.5. The number of rotatable bonds is 4. The van der Waals surface area contributed by atoms with E-state index in [0.717, 1.165) is 32.1 Å². The smallest absolute Gasteiger partial charge is 0.202 e. The Labute approximate surface area is 138 Å². The summed E-state index contributed by atoms with van der Waals surface area (Å²) in [6, 6.07) is 8.57. The Morgan fingerprint density at radius 2 is 1.74 bits per heavy atom. The Morgan fingerprint density at radius 3 is 2.30 bits per heavy atom. The minimum Gasteiger partial charge on any atom is -0.390 e. The maximum Gasteiger partial charge on any atom is 0.202 e. The van der Waals surface area contributed by atoms with Crippen LogP contribution >= 0.6 is 0 Å². The molecule has 4 bridgehead atoms. The fourth-order valence-corrected chi connectivity index (χ4v) is 7.23. The van der Waals surface area contributed by atoms with Crippen LogP contribution in [0.15, 0.2) is 46.7 Å². The quantitative estimate of drug-likeness (QED) is 0.915. The Balaban J connectivity index is 1.60. The molecule has 2 unspecified atom stereocenters. The highest BCUT2D eigenvalue weighted by molar-refractivity contribution is 7.95. The SMILES string of the molecule is C=C(CC12C[C@@H]3C[C@@H](CC(O)(C3)C1)C2)S(=O)(=O)c1ccccc1. The molecule has 4 saturated carbocycles. The molecule has 0 aromatic heterocycles. The van der Waals surface area contributed by atoms with Gasteiger partial charge < -0.3 is 5.11 Å². The van der Waals surface area contributed by atoms with Crippen LogP contribution in [0.4, 0.5) is 0 Å². The fourth-order valence-electron chi connectivity index (χ4n) is 5.89. The molecule has 1 N–H and O–H groups in total. The summed E-state index contributed by atoms with van der Waals surface area (Å²) in [6.07, 6.45) is 6.37. The molecule has 0 heterocycles. The molecule has 0 aliphatic heterocycles. The fraction of sp³-hybridized carbons (Fsp3) is 0.579. The Kier molecular flexibility index (Phi) is 3.30. The largest absolute Gasteiger partial charge is 0.390 e. The molecule has 4 aliphatic rings. The second kappa shape index (κ2) is 4.93. The summed E-state index contributed by atoms with van der Waals surface area (Å²) in [4.78, 5) is 0.641. The molecule has 5 rings (SSSR count). The van der Waals surface area contributed by atoms with Gasteiger partial charge in [0.2, 0.25) is 9.84 Å². The van der Waals surface area contributed by atoms with E-state index in [4.69, 9.17) is 0 Å². The van der Waals surface area contributed by atoms with E-state index in [9.17, 15) is 13.5 Å².